The first-order chi connectivity index (χ1) is 9.80. The number of hydrogen-bond acceptors (Lipinski definition) is 2. The number of nitrogens with one attached hydrogen (secondary N) is 1. The molecule has 1 unspecified atom stereocenters. The second-order valence-electron chi connectivity index (χ2n) is 5.29. The average Bonchev–Trinajstić information content (AvgIpc) is 2.41. The lowest BCUT2D eigenvalue weighted by Crippen LogP contribution is -2.24. The summed E-state index contributed by atoms with van der Waals surface area (Å²) in [7, 11) is 1.56. The fourth-order valence-electron chi connectivity index (χ4n) is 2.35. The van der Waals surface area contributed by atoms with Gasteiger partial charge in [-0.05, 0) is 44.4 Å². The molecule has 0 aliphatic rings. The first kappa shape index (κ1) is 17.8. The molecular formula is C16H24F3NO. The number of methoxy groups -OCH3 is 1. The van der Waals surface area contributed by atoms with E-state index >= 15 is 0 Å². The fraction of sp³-hybridized carbons (Fsp3) is 0.625. The molecule has 2 nitrogen and oxygen atoms in total. The third-order valence-electron chi connectivity index (χ3n) is 3.64. The fourth-order valence-corrected chi connectivity index (χ4v) is 2.35. The predicted molar refractivity (Wildman–Crippen MR) is 78.8 cm³/mol. The second-order valence-corrected chi connectivity index (χ2v) is 5.29. The molecule has 0 spiro atoms. The molecule has 0 fully saturated rings. The van der Waals surface area contributed by atoms with Gasteiger partial charge >= 0.3 is 6.18 Å². The minimum Gasteiger partial charge on any atom is -0.496 e. The highest BCUT2D eigenvalue weighted by molar-refractivity contribution is 5.46. The van der Waals surface area contributed by atoms with Crippen LogP contribution in [0.5, 0.6) is 5.75 Å². The molecule has 0 amide bonds. The van der Waals surface area contributed by atoms with Crippen LogP contribution in [0, 0.1) is 13.8 Å². The van der Waals surface area contributed by atoms with Gasteiger partial charge in [-0.1, -0.05) is 19.1 Å². The summed E-state index contributed by atoms with van der Waals surface area (Å²) in [6.07, 6.45) is -4.05. The summed E-state index contributed by atoms with van der Waals surface area (Å²) in [5, 5.41) is 3.20. The van der Waals surface area contributed by atoms with E-state index in [9.17, 15) is 13.2 Å². The van der Waals surface area contributed by atoms with Gasteiger partial charge < -0.3 is 10.1 Å². The normalized spacial score (nSPS) is 13.3. The molecule has 120 valence electrons. The van der Waals surface area contributed by atoms with Crippen molar-refractivity contribution in [2.24, 2.45) is 0 Å². The maximum atomic E-state index is 12.5. The van der Waals surface area contributed by atoms with Crippen LogP contribution < -0.4 is 10.1 Å². The van der Waals surface area contributed by atoms with Crippen molar-refractivity contribution in [1.82, 2.24) is 5.32 Å². The van der Waals surface area contributed by atoms with Crippen LogP contribution in [0.15, 0.2) is 12.1 Å². The number of ether oxygens (including phenoxy) is 1. The lowest BCUT2D eigenvalue weighted by molar-refractivity contribution is -0.136. The number of rotatable bonds is 7. The van der Waals surface area contributed by atoms with E-state index in [4.69, 9.17) is 4.74 Å². The van der Waals surface area contributed by atoms with Gasteiger partial charge in [0.1, 0.15) is 5.75 Å². The van der Waals surface area contributed by atoms with Gasteiger partial charge in [0.2, 0.25) is 0 Å². The standard InChI is InChI=1S/C16H24F3NO/c1-5-10-20-14(8-9-16(17,18)19)13-7-6-11(2)12(3)15(13)21-4/h6-7,14,20H,5,8-10H2,1-4H3. The van der Waals surface area contributed by atoms with E-state index in [2.05, 4.69) is 5.32 Å². The Morgan fingerprint density at radius 2 is 1.90 bits per heavy atom. The van der Waals surface area contributed by atoms with Crippen molar-refractivity contribution in [3.05, 3.63) is 28.8 Å². The molecule has 0 aliphatic heterocycles. The summed E-state index contributed by atoms with van der Waals surface area (Å²) < 4.78 is 43.0. The van der Waals surface area contributed by atoms with Crippen LogP contribution in [-0.4, -0.2) is 19.8 Å². The van der Waals surface area contributed by atoms with Crippen LogP contribution in [0.4, 0.5) is 13.2 Å². The maximum absolute atomic E-state index is 12.5. The van der Waals surface area contributed by atoms with E-state index in [0.29, 0.717) is 12.3 Å². The van der Waals surface area contributed by atoms with Crippen molar-refractivity contribution in [1.29, 1.82) is 0 Å². The summed E-state index contributed by atoms with van der Waals surface area (Å²) in [4.78, 5) is 0. The topological polar surface area (TPSA) is 21.3 Å². The van der Waals surface area contributed by atoms with Crippen molar-refractivity contribution in [2.75, 3.05) is 13.7 Å². The highest BCUT2D eigenvalue weighted by Gasteiger charge is 2.29. The van der Waals surface area contributed by atoms with Crippen molar-refractivity contribution >= 4 is 0 Å². The largest absolute Gasteiger partial charge is 0.496 e. The number of halogens is 3. The zero-order valence-corrected chi connectivity index (χ0v) is 13.1. The molecule has 0 saturated heterocycles. The Hall–Kier alpha value is -1.23. The Labute approximate surface area is 124 Å². The van der Waals surface area contributed by atoms with E-state index in [1.54, 1.807) is 7.11 Å². The zero-order valence-electron chi connectivity index (χ0n) is 13.1. The summed E-state index contributed by atoms with van der Waals surface area (Å²) in [5.74, 6) is 0.686. The van der Waals surface area contributed by atoms with Crippen LogP contribution in [0.3, 0.4) is 0 Å². The quantitative estimate of drug-likeness (QED) is 0.788. The van der Waals surface area contributed by atoms with Crippen molar-refractivity contribution < 1.29 is 17.9 Å². The number of alkyl halides is 3. The molecule has 0 saturated carbocycles. The Kier molecular flexibility index (Phi) is 6.52. The van der Waals surface area contributed by atoms with Gasteiger partial charge in [-0.15, -0.1) is 0 Å². The van der Waals surface area contributed by atoms with Crippen LogP contribution in [0.2, 0.25) is 0 Å². The molecule has 0 bridgehead atoms. The third kappa shape index (κ3) is 5.23. The maximum Gasteiger partial charge on any atom is 0.389 e. The van der Waals surface area contributed by atoms with Crippen LogP contribution in [-0.2, 0) is 0 Å². The van der Waals surface area contributed by atoms with Gasteiger partial charge in [-0.25, -0.2) is 0 Å². The minimum absolute atomic E-state index is 0.0162. The molecule has 1 aromatic carbocycles. The van der Waals surface area contributed by atoms with Gasteiger partial charge in [0.15, 0.2) is 0 Å². The molecule has 1 N–H and O–H groups in total. The van der Waals surface area contributed by atoms with E-state index in [1.165, 1.54) is 0 Å². The third-order valence-corrected chi connectivity index (χ3v) is 3.64. The summed E-state index contributed by atoms with van der Waals surface area (Å²) >= 11 is 0. The molecule has 0 radical (unpaired) electrons. The Morgan fingerprint density at radius 1 is 1.24 bits per heavy atom. The molecule has 0 aromatic heterocycles. The summed E-state index contributed by atoms with van der Waals surface area (Å²) in [5.41, 5.74) is 2.85. The van der Waals surface area contributed by atoms with Crippen molar-refractivity contribution in [3.8, 4) is 5.75 Å². The van der Waals surface area contributed by atoms with Crippen LogP contribution in [0.1, 0.15) is 48.9 Å². The Balaban J connectivity index is 3.04. The highest BCUT2D eigenvalue weighted by Crippen LogP contribution is 2.35. The molecule has 1 aromatic rings. The second kappa shape index (κ2) is 7.69. The van der Waals surface area contributed by atoms with Gasteiger partial charge in [0.05, 0.1) is 7.11 Å². The number of benzene rings is 1. The molecule has 21 heavy (non-hydrogen) atoms. The summed E-state index contributed by atoms with van der Waals surface area (Å²) in [6.45, 7) is 6.56. The van der Waals surface area contributed by atoms with Crippen molar-refractivity contribution in [3.63, 3.8) is 0 Å². The molecule has 1 atom stereocenters. The van der Waals surface area contributed by atoms with E-state index in [-0.39, 0.29) is 12.5 Å². The molecule has 0 aliphatic carbocycles. The SMILES string of the molecule is CCCNC(CCC(F)(F)F)c1ccc(C)c(C)c1OC. The smallest absolute Gasteiger partial charge is 0.389 e. The molecular weight excluding hydrogens is 279 g/mol. The van der Waals surface area contributed by atoms with E-state index in [0.717, 1.165) is 23.1 Å². The first-order valence-corrected chi connectivity index (χ1v) is 7.24. The van der Waals surface area contributed by atoms with Crippen LogP contribution in [0.25, 0.3) is 0 Å². The zero-order chi connectivity index (χ0) is 16.0. The monoisotopic (exact) mass is 303 g/mol. The lowest BCUT2D eigenvalue weighted by Gasteiger charge is -2.23. The van der Waals surface area contributed by atoms with Gasteiger partial charge in [0, 0.05) is 18.0 Å². The van der Waals surface area contributed by atoms with E-state index in [1.807, 2.05) is 32.9 Å². The predicted octanol–water partition coefficient (Wildman–Crippen LogP) is 4.70. The highest BCUT2D eigenvalue weighted by atomic mass is 19.4. The molecule has 1 rings (SSSR count). The Morgan fingerprint density at radius 3 is 2.43 bits per heavy atom. The number of aryl methyl sites for hydroxylation is 1. The average molecular weight is 303 g/mol. The molecule has 0 heterocycles. The van der Waals surface area contributed by atoms with Gasteiger partial charge in [-0.2, -0.15) is 13.2 Å². The summed E-state index contributed by atoms with van der Waals surface area (Å²) in [6, 6.07) is 3.45. The molecule has 5 heteroatoms. The first-order valence-electron chi connectivity index (χ1n) is 7.24. The van der Waals surface area contributed by atoms with Crippen LogP contribution >= 0.6 is 0 Å². The number of hydrogen-bond donors (Lipinski definition) is 1. The van der Waals surface area contributed by atoms with Gasteiger partial charge in [0.25, 0.3) is 0 Å². The van der Waals surface area contributed by atoms with Crippen molar-refractivity contribution in [2.45, 2.75) is 52.3 Å². The lowest BCUT2D eigenvalue weighted by atomic mass is 9.96. The minimum atomic E-state index is -4.14. The van der Waals surface area contributed by atoms with E-state index < -0.39 is 12.6 Å². The van der Waals surface area contributed by atoms with Gasteiger partial charge in [-0.3, -0.25) is 0 Å². The Bertz CT molecular complexity index is 458.